The smallest absolute Gasteiger partial charge is 0.246 e. The second kappa shape index (κ2) is 6.54. The van der Waals surface area contributed by atoms with Crippen molar-refractivity contribution >= 4 is 12.0 Å². The maximum absolute atomic E-state index is 12.0. The van der Waals surface area contributed by atoms with Gasteiger partial charge in [0.2, 0.25) is 5.91 Å². The van der Waals surface area contributed by atoms with Crippen molar-refractivity contribution in [2.45, 2.75) is 19.1 Å². The van der Waals surface area contributed by atoms with E-state index in [0.717, 1.165) is 11.3 Å². The van der Waals surface area contributed by atoms with Gasteiger partial charge in [-0.1, -0.05) is 18.2 Å². The molecule has 0 bridgehead atoms. The number of benzene rings is 1. The molecule has 2 rings (SSSR count). The van der Waals surface area contributed by atoms with Gasteiger partial charge >= 0.3 is 0 Å². The van der Waals surface area contributed by atoms with E-state index < -0.39 is 12.2 Å². The van der Waals surface area contributed by atoms with Crippen LogP contribution in [0.1, 0.15) is 12.5 Å². The molecule has 1 aliphatic heterocycles. The summed E-state index contributed by atoms with van der Waals surface area (Å²) < 4.78 is 5.47. The quantitative estimate of drug-likeness (QED) is 0.793. The number of nitrogens with zero attached hydrogens (tertiary/aromatic N) is 1. The molecule has 0 saturated carbocycles. The molecule has 1 amide bonds. The van der Waals surface area contributed by atoms with E-state index in [9.17, 15) is 15.0 Å². The lowest BCUT2D eigenvalue weighted by Gasteiger charge is -2.12. The molecule has 1 aliphatic rings. The molecule has 2 atom stereocenters. The average Bonchev–Trinajstić information content (AvgIpc) is 2.78. The van der Waals surface area contributed by atoms with E-state index in [1.165, 1.54) is 11.0 Å². The van der Waals surface area contributed by atoms with Crippen LogP contribution in [0.3, 0.4) is 0 Å². The fraction of sp³-hybridized carbons (Fsp3) is 0.400. The van der Waals surface area contributed by atoms with Crippen LogP contribution in [0.2, 0.25) is 0 Å². The maximum atomic E-state index is 12.0. The summed E-state index contributed by atoms with van der Waals surface area (Å²) in [6.07, 6.45) is 1.40. The summed E-state index contributed by atoms with van der Waals surface area (Å²) in [5.74, 6) is 0.493. The predicted octanol–water partition coefficient (Wildman–Crippen LogP) is 0.662. The van der Waals surface area contributed by atoms with E-state index in [1.54, 1.807) is 6.08 Å². The first kappa shape index (κ1) is 14.6. The van der Waals surface area contributed by atoms with Crippen LogP contribution in [-0.2, 0) is 4.79 Å². The normalized spacial score (nSPS) is 22.4. The Bertz CT molecular complexity index is 490. The van der Waals surface area contributed by atoms with Gasteiger partial charge in [-0.15, -0.1) is 0 Å². The van der Waals surface area contributed by atoms with Crippen molar-refractivity contribution in [2.75, 3.05) is 19.7 Å². The van der Waals surface area contributed by atoms with Gasteiger partial charge in [0.15, 0.2) is 0 Å². The first-order chi connectivity index (χ1) is 9.61. The minimum Gasteiger partial charge on any atom is -0.493 e. The van der Waals surface area contributed by atoms with E-state index in [0.29, 0.717) is 6.61 Å². The number of rotatable bonds is 4. The van der Waals surface area contributed by atoms with Crippen LogP contribution in [0.25, 0.3) is 6.08 Å². The van der Waals surface area contributed by atoms with Gasteiger partial charge in [-0.05, 0) is 19.1 Å². The number of aliphatic hydroxyl groups is 2. The zero-order valence-electron chi connectivity index (χ0n) is 11.4. The number of likely N-dealkylation sites (tertiary alicyclic amines) is 1. The SMILES string of the molecule is CCOc1ccccc1/C=C/C(=O)N1CC(O)C(O)C1. The zero-order valence-corrected chi connectivity index (χ0v) is 11.4. The molecular weight excluding hydrogens is 258 g/mol. The summed E-state index contributed by atoms with van der Waals surface area (Å²) in [4.78, 5) is 13.4. The molecule has 5 nitrogen and oxygen atoms in total. The number of aliphatic hydroxyl groups excluding tert-OH is 2. The van der Waals surface area contributed by atoms with Crippen LogP contribution in [0, 0.1) is 0 Å². The largest absolute Gasteiger partial charge is 0.493 e. The monoisotopic (exact) mass is 277 g/mol. The highest BCUT2D eigenvalue weighted by atomic mass is 16.5. The topological polar surface area (TPSA) is 70.0 Å². The number of amides is 1. The number of carbonyl (C=O) groups excluding carboxylic acids is 1. The second-order valence-electron chi connectivity index (χ2n) is 4.68. The van der Waals surface area contributed by atoms with Crippen molar-refractivity contribution in [2.24, 2.45) is 0 Å². The van der Waals surface area contributed by atoms with Gasteiger partial charge in [0, 0.05) is 24.7 Å². The summed E-state index contributed by atoms with van der Waals surface area (Å²) in [6.45, 7) is 2.79. The van der Waals surface area contributed by atoms with Crippen molar-refractivity contribution in [3.63, 3.8) is 0 Å². The lowest BCUT2D eigenvalue weighted by atomic mass is 10.2. The minimum absolute atomic E-state index is 0.164. The molecule has 5 heteroatoms. The Morgan fingerprint density at radius 3 is 2.65 bits per heavy atom. The highest BCUT2D eigenvalue weighted by molar-refractivity contribution is 5.92. The van der Waals surface area contributed by atoms with Gasteiger partial charge in [0.05, 0.1) is 18.8 Å². The molecule has 2 unspecified atom stereocenters. The van der Waals surface area contributed by atoms with Gasteiger partial charge < -0.3 is 19.8 Å². The molecule has 0 radical (unpaired) electrons. The maximum Gasteiger partial charge on any atom is 0.246 e. The predicted molar refractivity (Wildman–Crippen MR) is 75.2 cm³/mol. The molecule has 1 heterocycles. The number of ether oxygens (including phenoxy) is 1. The second-order valence-corrected chi connectivity index (χ2v) is 4.68. The highest BCUT2D eigenvalue weighted by Gasteiger charge is 2.31. The molecule has 2 N–H and O–H groups in total. The van der Waals surface area contributed by atoms with Crippen LogP contribution >= 0.6 is 0 Å². The molecule has 20 heavy (non-hydrogen) atoms. The molecule has 0 aromatic heterocycles. The molecule has 0 aliphatic carbocycles. The fourth-order valence-corrected chi connectivity index (χ4v) is 2.12. The van der Waals surface area contributed by atoms with E-state index in [4.69, 9.17) is 4.74 Å². The Kier molecular flexibility index (Phi) is 4.76. The summed E-state index contributed by atoms with van der Waals surface area (Å²) in [6, 6.07) is 7.45. The third-order valence-corrected chi connectivity index (χ3v) is 3.20. The van der Waals surface area contributed by atoms with Crippen molar-refractivity contribution in [1.29, 1.82) is 0 Å². The molecular formula is C15H19NO4. The molecule has 1 saturated heterocycles. The molecule has 108 valence electrons. The molecule has 1 aromatic rings. The summed E-state index contributed by atoms with van der Waals surface area (Å²) in [5, 5.41) is 18.9. The zero-order chi connectivity index (χ0) is 14.5. The lowest BCUT2D eigenvalue weighted by Crippen LogP contribution is -2.27. The van der Waals surface area contributed by atoms with Gasteiger partial charge in [-0.3, -0.25) is 4.79 Å². The van der Waals surface area contributed by atoms with Crippen molar-refractivity contribution in [1.82, 2.24) is 4.90 Å². The van der Waals surface area contributed by atoms with Crippen LogP contribution < -0.4 is 4.74 Å². The minimum atomic E-state index is -0.858. The summed E-state index contributed by atoms with van der Waals surface area (Å²) >= 11 is 0. The Labute approximate surface area is 118 Å². The number of hydrogen-bond donors (Lipinski definition) is 2. The Hall–Kier alpha value is -1.85. The first-order valence-corrected chi connectivity index (χ1v) is 6.66. The third kappa shape index (κ3) is 3.37. The van der Waals surface area contributed by atoms with E-state index in [-0.39, 0.29) is 19.0 Å². The van der Waals surface area contributed by atoms with Crippen molar-refractivity contribution < 1.29 is 19.7 Å². The molecule has 1 fully saturated rings. The third-order valence-electron chi connectivity index (χ3n) is 3.20. The van der Waals surface area contributed by atoms with Crippen LogP contribution in [0.5, 0.6) is 5.75 Å². The van der Waals surface area contributed by atoms with Crippen LogP contribution in [0.15, 0.2) is 30.3 Å². The standard InChI is InChI=1S/C15H19NO4/c1-2-20-14-6-4-3-5-11(14)7-8-15(19)16-9-12(17)13(18)10-16/h3-8,12-13,17-18H,2,9-10H2,1H3/b8-7+. The summed E-state index contributed by atoms with van der Waals surface area (Å²) in [5.41, 5.74) is 0.822. The van der Waals surface area contributed by atoms with E-state index >= 15 is 0 Å². The fourth-order valence-electron chi connectivity index (χ4n) is 2.12. The molecule has 1 aromatic carbocycles. The van der Waals surface area contributed by atoms with Gasteiger partial charge in [0.1, 0.15) is 5.75 Å². The number of para-hydroxylation sites is 1. The van der Waals surface area contributed by atoms with Gasteiger partial charge in [-0.2, -0.15) is 0 Å². The number of β-amino-alcohol motifs (C(OH)–C–C–N with tert-alkyl or cyclic N) is 2. The van der Waals surface area contributed by atoms with Gasteiger partial charge in [0.25, 0.3) is 0 Å². The van der Waals surface area contributed by atoms with Gasteiger partial charge in [-0.25, -0.2) is 0 Å². The number of hydrogen-bond acceptors (Lipinski definition) is 4. The van der Waals surface area contributed by atoms with Crippen molar-refractivity contribution in [3.8, 4) is 5.75 Å². The number of carbonyl (C=O) groups is 1. The summed E-state index contributed by atoms with van der Waals surface area (Å²) in [7, 11) is 0. The Morgan fingerprint density at radius 2 is 2.00 bits per heavy atom. The van der Waals surface area contributed by atoms with Crippen LogP contribution in [0.4, 0.5) is 0 Å². The van der Waals surface area contributed by atoms with Crippen LogP contribution in [-0.4, -0.2) is 52.9 Å². The Balaban J connectivity index is 2.04. The lowest BCUT2D eigenvalue weighted by molar-refractivity contribution is -0.125. The van der Waals surface area contributed by atoms with E-state index in [2.05, 4.69) is 0 Å². The Morgan fingerprint density at radius 1 is 1.35 bits per heavy atom. The van der Waals surface area contributed by atoms with Crippen molar-refractivity contribution in [3.05, 3.63) is 35.9 Å². The molecule has 0 spiro atoms. The average molecular weight is 277 g/mol. The first-order valence-electron chi connectivity index (χ1n) is 6.66. The van der Waals surface area contributed by atoms with E-state index in [1.807, 2.05) is 31.2 Å². The highest BCUT2D eigenvalue weighted by Crippen LogP contribution is 2.19.